The van der Waals surface area contributed by atoms with Gasteiger partial charge in [-0.25, -0.2) is 15.0 Å². The molecule has 2 aromatic heterocycles. The average Bonchev–Trinajstić information content (AvgIpc) is 3.24. The summed E-state index contributed by atoms with van der Waals surface area (Å²) < 4.78 is 1.16. The van der Waals surface area contributed by atoms with Crippen molar-refractivity contribution in [2.24, 2.45) is 0 Å². The van der Waals surface area contributed by atoms with Gasteiger partial charge in [-0.3, -0.25) is 0 Å². The molecule has 0 spiro atoms. The second-order valence-electron chi connectivity index (χ2n) is 9.29. The van der Waals surface area contributed by atoms with E-state index < -0.39 is 0 Å². The van der Waals surface area contributed by atoms with Crippen molar-refractivity contribution in [3.63, 3.8) is 0 Å². The topological polar surface area (TPSA) is 62.7 Å². The number of thiazole rings is 1. The summed E-state index contributed by atoms with van der Waals surface area (Å²) in [6.45, 7) is 11.5. The van der Waals surface area contributed by atoms with Crippen LogP contribution >= 0.6 is 11.3 Å². The first kappa shape index (κ1) is 23.1. The average molecular weight is 458 g/mol. The van der Waals surface area contributed by atoms with E-state index >= 15 is 0 Å². The van der Waals surface area contributed by atoms with Crippen molar-refractivity contribution in [3.05, 3.63) is 77.1 Å². The molecular weight excluding hydrogens is 426 g/mol. The minimum absolute atomic E-state index is 0.108. The van der Waals surface area contributed by atoms with Gasteiger partial charge in [0, 0.05) is 29.8 Å². The van der Waals surface area contributed by atoms with E-state index in [2.05, 4.69) is 102 Å². The van der Waals surface area contributed by atoms with Gasteiger partial charge in [-0.15, -0.1) is 11.3 Å². The number of hydrogen-bond acceptors (Lipinski definition) is 6. The highest BCUT2D eigenvalue weighted by Gasteiger charge is 2.11. The van der Waals surface area contributed by atoms with Crippen LogP contribution in [0, 0.1) is 6.92 Å². The first-order valence-electron chi connectivity index (χ1n) is 11.2. The van der Waals surface area contributed by atoms with Gasteiger partial charge in [0.05, 0.1) is 21.4 Å². The van der Waals surface area contributed by atoms with E-state index in [9.17, 15) is 0 Å². The van der Waals surface area contributed by atoms with Crippen molar-refractivity contribution in [1.29, 1.82) is 0 Å². The first-order valence-corrected chi connectivity index (χ1v) is 12.1. The molecule has 0 amide bonds. The predicted octanol–water partition coefficient (Wildman–Crippen LogP) is 6.64. The van der Waals surface area contributed by atoms with Crippen molar-refractivity contribution in [1.82, 2.24) is 20.3 Å². The molecule has 0 aliphatic carbocycles. The fourth-order valence-corrected chi connectivity index (χ4v) is 4.32. The second kappa shape index (κ2) is 9.81. The molecule has 5 nitrogen and oxygen atoms in total. The Morgan fingerprint density at radius 1 is 1.06 bits per heavy atom. The lowest BCUT2D eigenvalue weighted by Gasteiger charge is -2.19. The van der Waals surface area contributed by atoms with Gasteiger partial charge in [0.1, 0.15) is 11.6 Å². The van der Waals surface area contributed by atoms with Crippen LogP contribution in [0.4, 0.5) is 5.82 Å². The quantitative estimate of drug-likeness (QED) is 0.326. The number of nitrogens with one attached hydrogen (secondary N) is 2. The fourth-order valence-electron chi connectivity index (χ4n) is 3.60. The maximum absolute atomic E-state index is 4.67. The van der Waals surface area contributed by atoms with Crippen LogP contribution < -0.4 is 10.6 Å². The standard InChI is InChI=1S/C27H31N5S/c1-18(21-10-6-8-20(14-21)9-7-13-29-27(3,4)5)30-26-16-24(31-19(2)32-26)22-11-12-23-25(15-22)33-17-28-23/h6-12,14-18,29H,13H2,1-5H3,(H,30,31,32)/t18-/m0/s1. The zero-order chi connectivity index (χ0) is 23.4. The van der Waals surface area contributed by atoms with Crippen molar-refractivity contribution in [3.8, 4) is 11.3 Å². The lowest BCUT2D eigenvalue weighted by Crippen LogP contribution is -2.35. The van der Waals surface area contributed by atoms with Crippen LogP contribution in [0.15, 0.2) is 60.1 Å². The predicted molar refractivity (Wildman–Crippen MR) is 141 cm³/mol. The molecule has 170 valence electrons. The smallest absolute Gasteiger partial charge is 0.130 e. The van der Waals surface area contributed by atoms with Crippen LogP contribution in [0.5, 0.6) is 0 Å². The minimum atomic E-state index is 0.108. The van der Waals surface area contributed by atoms with Gasteiger partial charge in [0.25, 0.3) is 0 Å². The Balaban J connectivity index is 1.49. The molecular formula is C27H31N5S. The summed E-state index contributed by atoms with van der Waals surface area (Å²) in [6, 6.07) is 17.0. The summed E-state index contributed by atoms with van der Waals surface area (Å²) in [5, 5.41) is 7.04. The maximum Gasteiger partial charge on any atom is 0.130 e. The molecule has 0 aliphatic heterocycles. The van der Waals surface area contributed by atoms with Gasteiger partial charge in [-0.1, -0.05) is 36.4 Å². The van der Waals surface area contributed by atoms with Crippen molar-refractivity contribution < 1.29 is 0 Å². The molecule has 2 N–H and O–H groups in total. The largest absolute Gasteiger partial charge is 0.363 e. The zero-order valence-corrected chi connectivity index (χ0v) is 20.7. The van der Waals surface area contributed by atoms with E-state index in [1.54, 1.807) is 11.3 Å². The molecule has 0 radical (unpaired) electrons. The number of rotatable bonds is 7. The van der Waals surface area contributed by atoms with Gasteiger partial charge < -0.3 is 10.6 Å². The molecule has 33 heavy (non-hydrogen) atoms. The van der Waals surface area contributed by atoms with Crippen LogP contribution in [0.25, 0.3) is 27.6 Å². The Morgan fingerprint density at radius 3 is 2.73 bits per heavy atom. The summed E-state index contributed by atoms with van der Waals surface area (Å²) in [4.78, 5) is 13.7. The molecule has 6 heteroatoms. The number of hydrogen-bond donors (Lipinski definition) is 2. The summed E-state index contributed by atoms with van der Waals surface area (Å²) in [5.41, 5.74) is 7.40. The molecule has 0 bridgehead atoms. The van der Waals surface area contributed by atoms with E-state index in [0.29, 0.717) is 0 Å². The summed E-state index contributed by atoms with van der Waals surface area (Å²) in [5.74, 6) is 1.57. The summed E-state index contributed by atoms with van der Waals surface area (Å²) >= 11 is 1.64. The van der Waals surface area contributed by atoms with Crippen molar-refractivity contribution in [2.75, 3.05) is 11.9 Å². The van der Waals surface area contributed by atoms with Crippen LogP contribution in [0.3, 0.4) is 0 Å². The summed E-state index contributed by atoms with van der Waals surface area (Å²) in [6.07, 6.45) is 4.33. The van der Waals surface area contributed by atoms with Crippen molar-refractivity contribution >= 4 is 33.4 Å². The van der Waals surface area contributed by atoms with Gasteiger partial charge in [0.15, 0.2) is 0 Å². The third kappa shape index (κ3) is 6.24. The zero-order valence-electron chi connectivity index (χ0n) is 19.9. The number of aryl methyl sites for hydroxylation is 1. The lowest BCUT2D eigenvalue weighted by atomic mass is 10.0. The summed E-state index contributed by atoms with van der Waals surface area (Å²) in [7, 11) is 0. The number of benzene rings is 2. The highest BCUT2D eigenvalue weighted by molar-refractivity contribution is 7.16. The van der Waals surface area contributed by atoms with Gasteiger partial charge >= 0.3 is 0 Å². The highest BCUT2D eigenvalue weighted by atomic mass is 32.1. The second-order valence-corrected chi connectivity index (χ2v) is 10.2. The van der Waals surface area contributed by atoms with Crippen LogP contribution in [0.2, 0.25) is 0 Å². The third-order valence-electron chi connectivity index (χ3n) is 5.30. The van der Waals surface area contributed by atoms with Crippen LogP contribution in [0.1, 0.15) is 50.7 Å². The molecule has 0 unspecified atom stereocenters. The Morgan fingerprint density at radius 2 is 1.91 bits per heavy atom. The van der Waals surface area contributed by atoms with E-state index in [1.807, 2.05) is 24.6 Å². The molecule has 1 atom stereocenters. The Labute approximate surface area is 200 Å². The normalized spacial score (nSPS) is 13.0. The lowest BCUT2D eigenvalue weighted by molar-refractivity contribution is 0.450. The fraction of sp³-hybridized carbons (Fsp3) is 0.296. The monoisotopic (exact) mass is 457 g/mol. The maximum atomic E-state index is 4.67. The molecule has 4 rings (SSSR count). The van der Waals surface area contributed by atoms with E-state index in [0.717, 1.165) is 39.7 Å². The molecule has 0 fully saturated rings. The van der Waals surface area contributed by atoms with Gasteiger partial charge in [-0.05, 0) is 63.9 Å². The first-order chi connectivity index (χ1) is 15.8. The van der Waals surface area contributed by atoms with Crippen molar-refractivity contribution in [2.45, 2.75) is 46.2 Å². The van der Waals surface area contributed by atoms with Gasteiger partial charge in [-0.2, -0.15) is 0 Å². The van der Waals surface area contributed by atoms with E-state index in [4.69, 9.17) is 0 Å². The van der Waals surface area contributed by atoms with Crippen LogP contribution in [-0.4, -0.2) is 27.0 Å². The molecule has 4 aromatic rings. The SMILES string of the molecule is Cc1nc(N[C@@H](C)c2cccc(C=CCNC(C)(C)C)c2)cc(-c2ccc3ncsc3c2)n1. The third-order valence-corrected chi connectivity index (χ3v) is 6.09. The minimum Gasteiger partial charge on any atom is -0.363 e. The Hall–Kier alpha value is -3.09. The molecule has 2 heterocycles. The highest BCUT2D eigenvalue weighted by Crippen LogP contribution is 2.27. The van der Waals surface area contributed by atoms with Crippen LogP contribution in [-0.2, 0) is 0 Å². The number of fused-ring (bicyclic) bond motifs is 1. The Kier molecular flexibility index (Phi) is 6.86. The molecule has 0 aliphatic rings. The Bertz CT molecular complexity index is 1270. The number of anilines is 1. The van der Waals surface area contributed by atoms with Gasteiger partial charge in [0.2, 0.25) is 0 Å². The molecule has 2 aromatic carbocycles. The molecule has 0 saturated carbocycles. The number of nitrogens with zero attached hydrogens (tertiary/aromatic N) is 3. The number of aromatic nitrogens is 3. The molecule has 0 saturated heterocycles. The van der Waals surface area contributed by atoms with E-state index in [1.165, 1.54) is 11.1 Å². The van der Waals surface area contributed by atoms with E-state index in [-0.39, 0.29) is 11.6 Å².